The van der Waals surface area contributed by atoms with Gasteiger partial charge in [-0.05, 0) is 30.9 Å². The van der Waals surface area contributed by atoms with Crippen molar-refractivity contribution in [1.82, 2.24) is 10.2 Å². The standard InChI is InChI=1S/C22H27N3O4/c26-22(11-10-18-6-2-1-3-7-18)23-19-12-14-24(15-13-19)16-17-29-21-9-5-4-8-20(21)25(27)28/h1-9,19H,10-17H2,(H,23,26). The average Bonchev–Trinajstić information content (AvgIpc) is 2.74. The van der Waals surface area contributed by atoms with Crippen molar-refractivity contribution in [2.75, 3.05) is 26.2 Å². The lowest BCUT2D eigenvalue weighted by Crippen LogP contribution is -2.45. The largest absolute Gasteiger partial charge is 0.485 e. The molecule has 7 nitrogen and oxygen atoms in total. The average molecular weight is 397 g/mol. The highest BCUT2D eigenvalue weighted by Crippen LogP contribution is 2.25. The monoisotopic (exact) mass is 397 g/mol. The Labute approximate surface area is 170 Å². The normalized spacial score (nSPS) is 15.0. The molecule has 0 spiro atoms. The van der Waals surface area contributed by atoms with Gasteiger partial charge in [0.2, 0.25) is 5.91 Å². The van der Waals surface area contributed by atoms with E-state index in [4.69, 9.17) is 4.74 Å². The lowest BCUT2D eigenvalue weighted by Gasteiger charge is -2.32. The summed E-state index contributed by atoms with van der Waals surface area (Å²) in [7, 11) is 0. The van der Waals surface area contributed by atoms with E-state index >= 15 is 0 Å². The van der Waals surface area contributed by atoms with Crippen LogP contribution in [0.3, 0.4) is 0 Å². The molecular formula is C22H27N3O4. The number of carbonyl (C=O) groups excluding carboxylic acids is 1. The second-order valence-electron chi connectivity index (χ2n) is 7.24. The minimum absolute atomic E-state index is 0.00979. The number of hydrogen-bond acceptors (Lipinski definition) is 5. The van der Waals surface area contributed by atoms with Gasteiger partial charge in [-0.1, -0.05) is 42.5 Å². The topological polar surface area (TPSA) is 84.7 Å². The van der Waals surface area contributed by atoms with Gasteiger partial charge in [0, 0.05) is 38.2 Å². The van der Waals surface area contributed by atoms with Crippen LogP contribution in [0.25, 0.3) is 0 Å². The number of ether oxygens (including phenoxy) is 1. The van der Waals surface area contributed by atoms with Gasteiger partial charge in [0.05, 0.1) is 4.92 Å². The number of aryl methyl sites for hydroxylation is 1. The summed E-state index contributed by atoms with van der Waals surface area (Å²) >= 11 is 0. The molecule has 1 aliphatic heterocycles. The first-order chi connectivity index (χ1) is 14.1. The molecule has 0 aliphatic carbocycles. The molecule has 2 aromatic rings. The van der Waals surface area contributed by atoms with E-state index in [9.17, 15) is 14.9 Å². The fourth-order valence-electron chi connectivity index (χ4n) is 3.52. The second-order valence-corrected chi connectivity index (χ2v) is 7.24. The molecule has 0 aromatic heterocycles. The van der Waals surface area contributed by atoms with E-state index in [1.165, 1.54) is 11.6 Å². The molecule has 154 valence electrons. The summed E-state index contributed by atoms with van der Waals surface area (Å²) in [6.07, 6.45) is 3.08. The van der Waals surface area contributed by atoms with Crippen molar-refractivity contribution in [3.8, 4) is 5.75 Å². The van der Waals surface area contributed by atoms with Crippen LogP contribution in [-0.4, -0.2) is 48.0 Å². The fourth-order valence-corrected chi connectivity index (χ4v) is 3.52. The number of piperidine rings is 1. The van der Waals surface area contributed by atoms with Crippen LogP contribution in [0, 0.1) is 10.1 Å². The van der Waals surface area contributed by atoms with Crippen molar-refractivity contribution in [2.45, 2.75) is 31.7 Å². The number of para-hydroxylation sites is 2. The second kappa shape index (κ2) is 10.6. The molecule has 1 amide bonds. The minimum atomic E-state index is -0.429. The summed E-state index contributed by atoms with van der Waals surface area (Å²) < 4.78 is 5.61. The number of rotatable bonds is 9. The van der Waals surface area contributed by atoms with Gasteiger partial charge < -0.3 is 10.1 Å². The van der Waals surface area contributed by atoms with Crippen molar-refractivity contribution >= 4 is 11.6 Å². The van der Waals surface area contributed by atoms with E-state index < -0.39 is 4.92 Å². The number of hydrogen-bond donors (Lipinski definition) is 1. The molecule has 1 heterocycles. The lowest BCUT2D eigenvalue weighted by atomic mass is 10.0. The van der Waals surface area contributed by atoms with Gasteiger partial charge in [-0.3, -0.25) is 19.8 Å². The number of benzene rings is 2. The number of nitrogens with one attached hydrogen (secondary N) is 1. The summed E-state index contributed by atoms with van der Waals surface area (Å²) in [4.78, 5) is 25.0. The van der Waals surface area contributed by atoms with E-state index in [2.05, 4.69) is 10.2 Å². The number of nitro groups is 1. The highest BCUT2D eigenvalue weighted by molar-refractivity contribution is 5.76. The van der Waals surface area contributed by atoms with E-state index in [1.807, 2.05) is 30.3 Å². The van der Waals surface area contributed by atoms with Gasteiger partial charge >= 0.3 is 5.69 Å². The van der Waals surface area contributed by atoms with Gasteiger partial charge in [-0.25, -0.2) is 0 Å². The third-order valence-corrected chi connectivity index (χ3v) is 5.16. The van der Waals surface area contributed by atoms with E-state index in [1.54, 1.807) is 18.2 Å². The number of amides is 1. The van der Waals surface area contributed by atoms with Crippen LogP contribution in [0.4, 0.5) is 5.69 Å². The summed E-state index contributed by atoms with van der Waals surface area (Å²) in [5.74, 6) is 0.407. The molecule has 0 unspecified atom stereocenters. The Morgan fingerprint density at radius 3 is 2.52 bits per heavy atom. The molecule has 1 saturated heterocycles. The molecule has 1 N–H and O–H groups in total. The Kier molecular flexibility index (Phi) is 7.58. The summed E-state index contributed by atoms with van der Waals surface area (Å²) in [5, 5.41) is 14.2. The van der Waals surface area contributed by atoms with Crippen molar-refractivity contribution in [3.05, 3.63) is 70.3 Å². The van der Waals surface area contributed by atoms with Gasteiger partial charge in [0.25, 0.3) is 0 Å². The summed E-state index contributed by atoms with van der Waals surface area (Å²) in [6.45, 7) is 2.87. The zero-order valence-electron chi connectivity index (χ0n) is 16.5. The number of likely N-dealkylation sites (tertiary alicyclic amines) is 1. The van der Waals surface area contributed by atoms with Crippen LogP contribution in [0.2, 0.25) is 0 Å². The maximum atomic E-state index is 12.2. The van der Waals surface area contributed by atoms with Gasteiger partial charge in [-0.2, -0.15) is 0 Å². The number of carbonyl (C=O) groups is 1. The highest BCUT2D eigenvalue weighted by Gasteiger charge is 2.21. The van der Waals surface area contributed by atoms with Crippen LogP contribution in [0.15, 0.2) is 54.6 Å². The van der Waals surface area contributed by atoms with Crippen LogP contribution >= 0.6 is 0 Å². The molecule has 1 fully saturated rings. The summed E-state index contributed by atoms with van der Waals surface area (Å²) in [5.41, 5.74) is 1.17. The van der Waals surface area contributed by atoms with E-state index in [-0.39, 0.29) is 17.6 Å². The quantitative estimate of drug-likeness (QED) is 0.519. The summed E-state index contributed by atoms with van der Waals surface area (Å²) in [6, 6.07) is 16.7. The molecule has 0 radical (unpaired) electrons. The van der Waals surface area contributed by atoms with Gasteiger partial charge in [0.1, 0.15) is 6.61 Å². The Bertz CT molecular complexity index is 805. The number of nitrogens with zero attached hydrogens (tertiary/aromatic N) is 2. The third kappa shape index (κ3) is 6.57. The third-order valence-electron chi connectivity index (χ3n) is 5.16. The van der Waals surface area contributed by atoms with Gasteiger partial charge in [0.15, 0.2) is 5.75 Å². The van der Waals surface area contributed by atoms with Gasteiger partial charge in [-0.15, -0.1) is 0 Å². The maximum absolute atomic E-state index is 12.2. The fraction of sp³-hybridized carbons (Fsp3) is 0.409. The molecule has 1 aliphatic rings. The zero-order chi connectivity index (χ0) is 20.5. The van der Waals surface area contributed by atoms with Crippen molar-refractivity contribution in [1.29, 1.82) is 0 Å². The smallest absolute Gasteiger partial charge is 0.310 e. The number of nitro benzene ring substituents is 1. The molecule has 3 rings (SSSR count). The molecule has 29 heavy (non-hydrogen) atoms. The van der Waals surface area contributed by atoms with E-state index in [0.29, 0.717) is 25.3 Å². The molecule has 0 saturated carbocycles. The molecule has 0 atom stereocenters. The molecule has 0 bridgehead atoms. The Balaban J connectivity index is 1.33. The van der Waals surface area contributed by atoms with Crippen LogP contribution in [0.1, 0.15) is 24.8 Å². The first-order valence-corrected chi connectivity index (χ1v) is 10.0. The lowest BCUT2D eigenvalue weighted by molar-refractivity contribution is -0.385. The SMILES string of the molecule is O=C(CCc1ccccc1)NC1CCN(CCOc2ccccc2[N+](=O)[O-])CC1. The van der Waals surface area contributed by atoms with Crippen LogP contribution in [0.5, 0.6) is 5.75 Å². The Hall–Kier alpha value is -2.93. The van der Waals surface area contributed by atoms with Crippen LogP contribution < -0.4 is 10.1 Å². The predicted octanol–water partition coefficient (Wildman–Crippen LogP) is 3.19. The van der Waals surface area contributed by atoms with Crippen molar-refractivity contribution in [2.24, 2.45) is 0 Å². The van der Waals surface area contributed by atoms with Crippen LogP contribution in [-0.2, 0) is 11.2 Å². The van der Waals surface area contributed by atoms with Crippen molar-refractivity contribution < 1.29 is 14.5 Å². The molecular weight excluding hydrogens is 370 g/mol. The zero-order valence-corrected chi connectivity index (χ0v) is 16.5. The highest BCUT2D eigenvalue weighted by atomic mass is 16.6. The molecule has 2 aromatic carbocycles. The first kappa shape index (κ1) is 20.8. The predicted molar refractivity (Wildman–Crippen MR) is 111 cm³/mol. The van der Waals surface area contributed by atoms with Crippen molar-refractivity contribution in [3.63, 3.8) is 0 Å². The maximum Gasteiger partial charge on any atom is 0.310 e. The molecule has 7 heteroatoms. The Morgan fingerprint density at radius 2 is 1.79 bits per heavy atom. The first-order valence-electron chi connectivity index (χ1n) is 10.0. The Morgan fingerprint density at radius 1 is 1.10 bits per heavy atom. The minimum Gasteiger partial charge on any atom is -0.485 e. The van der Waals surface area contributed by atoms with E-state index in [0.717, 1.165) is 32.4 Å².